The number of amides is 6. The smallest absolute Gasteiger partial charge is 0.335 e. The molecule has 3 saturated heterocycles. The van der Waals surface area contributed by atoms with Gasteiger partial charge in [0, 0.05) is 44.9 Å². The van der Waals surface area contributed by atoms with Crippen molar-refractivity contribution in [2.24, 2.45) is 5.41 Å². The van der Waals surface area contributed by atoms with Gasteiger partial charge in [0.1, 0.15) is 0 Å². The van der Waals surface area contributed by atoms with Crippen molar-refractivity contribution in [3.8, 4) is 12.3 Å². The van der Waals surface area contributed by atoms with Gasteiger partial charge in [-0.25, -0.2) is 14.4 Å². The predicted octanol–water partition coefficient (Wildman–Crippen LogP) is 4.14. The molecule has 0 aromatic rings. The summed E-state index contributed by atoms with van der Waals surface area (Å²) in [4.78, 5) is 121. The van der Waals surface area contributed by atoms with Crippen molar-refractivity contribution in [2.75, 3.05) is 52.9 Å². The van der Waals surface area contributed by atoms with Crippen LogP contribution in [0.3, 0.4) is 0 Å². The second-order valence-corrected chi connectivity index (χ2v) is 11.0. The summed E-state index contributed by atoms with van der Waals surface area (Å²) in [6, 6.07) is 0. The molecule has 0 aliphatic carbocycles. The Morgan fingerprint density at radius 1 is 0.456 bits per heavy atom. The van der Waals surface area contributed by atoms with Gasteiger partial charge in [-0.3, -0.25) is 28.8 Å². The second kappa shape index (κ2) is 32.3. The van der Waals surface area contributed by atoms with Gasteiger partial charge in [0.2, 0.25) is 0 Å². The van der Waals surface area contributed by atoms with Crippen molar-refractivity contribution < 1.29 is 76.6 Å². The predicted molar refractivity (Wildman–Crippen MR) is 208 cm³/mol. The van der Waals surface area contributed by atoms with E-state index in [2.05, 4.69) is 5.92 Å². The number of imide groups is 3. The lowest BCUT2D eigenvalue weighted by atomic mass is 9.92. The Bertz CT molecular complexity index is 1160. The number of hydrogen-bond donors (Lipinski definition) is 0. The average molecular weight is 824 g/mol. The molecule has 3 fully saturated rings. The largest absolute Gasteiger partial charge is 0.380 e. The number of carbonyl (C=O) groups excluding carboxylic acids is 9. The molecular weight excluding hydrogens is 754 g/mol. The number of hydrogen-bond acceptors (Lipinski definition) is 16. The van der Waals surface area contributed by atoms with Crippen LogP contribution in [0.15, 0.2) is 0 Å². The van der Waals surface area contributed by atoms with E-state index in [0.29, 0.717) is 15.2 Å². The van der Waals surface area contributed by atoms with Gasteiger partial charge in [-0.1, -0.05) is 59.4 Å². The van der Waals surface area contributed by atoms with E-state index in [1.54, 1.807) is 0 Å². The van der Waals surface area contributed by atoms with Gasteiger partial charge in [-0.05, 0) is 0 Å². The third kappa shape index (κ3) is 20.8. The molecule has 6 amide bonds. The highest BCUT2D eigenvalue weighted by molar-refractivity contribution is 6.02. The van der Waals surface area contributed by atoms with Crippen LogP contribution in [0, 0.1) is 17.8 Å². The molecule has 3 aliphatic rings. The van der Waals surface area contributed by atoms with Gasteiger partial charge in [0.05, 0.1) is 77.5 Å². The van der Waals surface area contributed by atoms with Crippen LogP contribution in [-0.2, 0) is 76.6 Å². The molecular formula is C38H69N3O16. The average Bonchev–Trinajstić information content (AvgIpc) is 3.68. The SMILES string of the molecule is C.C.C.C.C.C.C.C.C#CCCOCC(COCCC(=O)ON1C(=O)CCC1=O)(COCCC(=O)ON1C(=O)CCC1=O)COCCC(=O)ON1C(=O)CCC1=O. The molecule has 3 heterocycles. The molecule has 3 aliphatic heterocycles. The molecule has 0 aromatic carbocycles. The quantitative estimate of drug-likeness (QED) is 0.0849. The molecule has 0 aromatic heterocycles. The fraction of sp³-hybridized carbons (Fsp3) is 0.711. The van der Waals surface area contributed by atoms with E-state index in [-0.39, 0.29) is 176 Å². The lowest BCUT2D eigenvalue weighted by Crippen LogP contribution is -2.42. The van der Waals surface area contributed by atoms with Crippen LogP contribution < -0.4 is 0 Å². The fourth-order valence-corrected chi connectivity index (χ4v) is 4.42. The highest BCUT2D eigenvalue weighted by atomic mass is 16.7. The molecule has 0 spiro atoms. The topological polar surface area (TPSA) is 228 Å². The molecule has 57 heavy (non-hydrogen) atoms. The van der Waals surface area contributed by atoms with Crippen LogP contribution in [0.5, 0.6) is 0 Å². The number of rotatable bonds is 22. The lowest BCUT2D eigenvalue weighted by Gasteiger charge is -2.33. The van der Waals surface area contributed by atoms with E-state index in [0.717, 1.165) is 0 Å². The summed E-state index contributed by atoms with van der Waals surface area (Å²) in [5.41, 5.74) is -1.14. The van der Waals surface area contributed by atoms with E-state index < -0.39 is 58.8 Å². The molecule has 0 radical (unpaired) electrons. The van der Waals surface area contributed by atoms with E-state index in [9.17, 15) is 43.2 Å². The van der Waals surface area contributed by atoms with Gasteiger partial charge in [-0.2, -0.15) is 0 Å². The third-order valence-corrected chi connectivity index (χ3v) is 6.97. The summed E-state index contributed by atoms with van der Waals surface area (Å²) in [5, 5.41) is 1.23. The van der Waals surface area contributed by atoms with E-state index in [4.69, 9.17) is 39.9 Å². The van der Waals surface area contributed by atoms with Crippen molar-refractivity contribution in [1.82, 2.24) is 15.2 Å². The molecule has 3 rings (SSSR count). The number of terminal acetylenes is 1. The Hall–Kier alpha value is -4.77. The van der Waals surface area contributed by atoms with Crippen molar-refractivity contribution in [3.63, 3.8) is 0 Å². The van der Waals surface area contributed by atoms with Gasteiger partial charge in [0.15, 0.2) is 0 Å². The molecule has 0 bridgehead atoms. The zero-order chi connectivity index (χ0) is 35.8. The summed E-state index contributed by atoms with van der Waals surface area (Å²) < 4.78 is 22.8. The lowest BCUT2D eigenvalue weighted by molar-refractivity contribution is -0.199. The second-order valence-electron chi connectivity index (χ2n) is 11.0. The van der Waals surface area contributed by atoms with Gasteiger partial charge in [0.25, 0.3) is 35.4 Å². The number of nitrogens with zero attached hydrogens (tertiary/aromatic N) is 3. The van der Waals surface area contributed by atoms with E-state index in [1.165, 1.54) is 0 Å². The van der Waals surface area contributed by atoms with Crippen LogP contribution in [-0.4, -0.2) is 121 Å². The molecule has 0 atom stereocenters. The summed E-state index contributed by atoms with van der Waals surface area (Å²) in [6.07, 6.45) is 4.15. The van der Waals surface area contributed by atoms with Crippen molar-refractivity contribution in [2.45, 2.75) is 124 Å². The fourth-order valence-electron chi connectivity index (χ4n) is 4.42. The summed E-state index contributed by atoms with van der Waals surface area (Å²) in [7, 11) is 0. The summed E-state index contributed by atoms with van der Waals surface area (Å²) in [6.45, 7) is -1.17. The first-order chi connectivity index (χ1) is 23.4. The van der Waals surface area contributed by atoms with E-state index >= 15 is 0 Å². The molecule has 19 heteroatoms. The van der Waals surface area contributed by atoms with Crippen molar-refractivity contribution in [1.29, 1.82) is 0 Å². The molecule has 0 N–H and O–H groups in total. The Morgan fingerprint density at radius 3 is 0.912 bits per heavy atom. The Morgan fingerprint density at radius 2 is 0.684 bits per heavy atom. The Balaban J connectivity index is -0.000000813. The summed E-state index contributed by atoms with van der Waals surface area (Å²) >= 11 is 0. The zero-order valence-corrected chi connectivity index (χ0v) is 26.7. The Kier molecular flexibility index (Phi) is 36.4. The maximum atomic E-state index is 12.2. The van der Waals surface area contributed by atoms with Gasteiger partial charge < -0.3 is 33.5 Å². The van der Waals surface area contributed by atoms with Crippen molar-refractivity contribution in [3.05, 3.63) is 0 Å². The minimum absolute atomic E-state index is 0. The minimum Gasteiger partial charge on any atom is -0.380 e. The van der Waals surface area contributed by atoms with Crippen LogP contribution >= 0.6 is 0 Å². The van der Waals surface area contributed by atoms with Crippen LogP contribution in [0.1, 0.15) is 124 Å². The maximum absolute atomic E-state index is 12.2. The monoisotopic (exact) mass is 823 g/mol. The first-order valence-electron chi connectivity index (χ1n) is 15.4. The van der Waals surface area contributed by atoms with Crippen LogP contribution in [0.25, 0.3) is 0 Å². The third-order valence-electron chi connectivity index (χ3n) is 6.97. The highest BCUT2D eigenvalue weighted by Crippen LogP contribution is 2.22. The standard InChI is InChI=1S/C30H37N3O16.8CH4/c1-2-3-13-43-17-30(18-44-14-10-27(40)47-31-21(34)4-5-22(31)35,19-45-15-11-28(41)48-32-23(36)6-7-24(32)37)20-46-16-12-29(42)49-33-25(38)8-9-26(33)39;;;;;;;;/h1H,3-20H2;8*1H4. The minimum atomic E-state index is -1.14. The van der Waals surface area contributed by atoms with Crippen LogP contribution in [0.2, 0.25) is 0 Å². The number of carbonyl (C=O) groups is 9. The number of ether oxygens (including phenoxy) is 4. The summed E-state index contributed by atoms with van der Waals surface area (Å²) in [5.74, 6) is -4.08. The van der Waals surface area contributed by atoms with Crippen LogP contribution in [0.4, 0.5) is 0 Å². The van der Waals surface area contributed by atoms with Gasteiger partial charge >= 0.3 is 17.9 Å². The highest BCUT2D eigenvalue weighted by Gasteiger charge is 2.36. The van der Waals surface area contributed by atoms with Gasteiger partial charge in [-0.15, -0.1) is 27.5 Å². The molecule has 19 nitrogen and oxygen atoms in total. The zero-order valence-electron chi connectivity index (χ0n) is 26.7. The first kappa shape index (κ1) is 64.1. The van der Waals surface area contributed by atoms with Crippen molar-refractivity contribution >= 4 is 53.4 Å². The molecule has 332 valence electrons. The molecule has 0 saturated carbocycles. The van der Waals surface area contributed by atoms with E-state index in [1.807, 2.05) is 0 Å². The Labute approximate surface area is 339 Å². The normalized spacial score (nSPS) is 14.2. The molecule has 0 unspecified atom stereocenters. The maximum Gasteiger partial charge on any atom is 0.335 e. The first-order valence-corrected chi connectivity index (χ1v) is 15.4. The number of hydroxylamine groups is 6.